The molecule has 1 aromatic rings. The van der Waals surface area contributed by atoms with Crippen LogP contribution in [0.3, 0.4) is 0 Å². The van der Waals surface area contributed by atoms with E-state index in [1.165, 1.54) is 0 Å². The largest absolute Gasteiger partial charge is 0.465 e. The highest BCUT2D eigenvalue weighted by molar-refractivity contribution is 5.75. The molecule has 15 heavy (non-hydrogen) atoms. The van der Waals surface area contributed by atoms with E-state index in [1.807, 2.05) is 24.0 Å². The van der Waals surface area contributed by atoms with Gasteiger partial charge in [0.15, 0.2) is 0 Å². The van der Waals surface area contributed by atoms with Crippen LogP contribution >= 0.6 is 0 Å². The first-order chi connectivity index (χ1) is 7.27. The third-order valence-electron chi connectivity index (χ3n) is 2.03. The number of carbonyl (C=O) groups excluding carboxylic acids is 1. The van der Waals surface area contributed by atoms with Gasteiger partial charge in [-0.15, -0.1) is 0 Å². The summed E-state index contributed by atoms with van der Waals surface area (Å²) < 4.78 is 4.90. The van der Waals surface area contributed by atoms with E-state index in [9.17, 15) is 4.79 Å². The fourth-order valence-corrected chi connectivity index (χ4v) is 1.30. The van der Waals surface area contributed by atoms with Crippen molar-refractivity contribution in [1.29, 1.82) is 0 Å². The number of nitrogens with zero attached hydrogens (tertiary/aromatic N) is 2. The van der Waals surface area contributed by atoms with Crippen LogP contribution in [0.5, 0.6) is 0 Å². The van der Waals surface area contributed by atoms with Crippen LogP contribution in [0, 0.1) is 0 Å². The minimum atomic E-state index is -0.198. The van der Waals surface area contributed by atoms with Crippen LogP contribution in [0.15, 0.2) is 24.5 Å². The average Bonchev–Trinajstić information content (AvgIpc) is 2.27. The number of hydrogen-bond donors (Lipinski definition) is 0. The van der Waals surface area contributed by atoms with E-state index in [4.69, 9.17) is 4.74 Å². The maximum atomic E-state index is 11.3. The summed E-state index contributed by atoms with van der Waals surface area (Å²) in [4.78, 5) is 17.2. The van der Waals surface area contributed by atoms with Crippen LogP contribution < -0.4 is 4.90 Å². The molecule has 0 bridgehead atoms. The standard InChI is InChI=1S/C11H16N2O2/c1-3-13(9-11(14)15-4-2)10-5-7-12-8-6-10/h5-8H,3-4,9H2,1-2H3. The molecule has 0 aliphatic heterocycles. The van der Waals surface area contributed by atoms with Gasteiger partial charge in [0.25, 0.3) is 0 Å². The minimum Gasteiger partial charge on any atom is -0.465 e. The van der Waals surface area contributed by atoms with Crippen molar-refractivity contribution in [2.24, 2.45) is 0 Å². The van der Waals surface area contributed by atoms with E-state index in [1.54, 1.807) is 19.3 Å². The molecule has 0 aliphatic rings. The summed E-state index contributed by atoms with van der Waals surface area (Å²) in [5, 5.41) is 0. The molecule has 4 nitrogen and oxygen atoms in total. The Labute approximate surface area is 89.9 Å². The number of carbonyl (C=O) groups is 1. The number of pyridine rings is 1. The molecular weight excluding hydrogens is 192 g/mol. The van der Waals surface area contributed by atoms with Gasteiger partial charge in [-0.25, -0.2) is 0 Å². The Bertz CT molecular complexity index is 301. The van der Waals surface area contributed by atoms with E-state index in [0.29, 0.717) is 6.61 Å². The van der Waals surface area contributed by atoms with Crippen molar-refractivity contribution in [2.75, 3.05) is 24.6 Å². The van der Waals surface area contributed by atoms with Gasteiger partial charge in [-0.2, -0.15) is 0 Å². The zero-order valence-electron chi connectivity index (χ0n) is 9.14. The molecule has 0 spiro atoms. The number of aromatic nitrogens is 1. The monoisotopic (exact) mass is 208 g/mol. The third-order valence-corrected chi connectivity index (χ3v) is 2.03. The van der Waals surface area contributed by atoms with E-state index >= 15 is 0 Å². The molecule has 0 aromatic carbocycles. The Kier molecular flexibility index (Phi) is 4.60. The topological polar surface area (TPSA) is 42.4 Å². The number of rotatable bonds is 5. The highest BCUT2D eigenvalue weighted by Gasteiger charge is 2.09. The number of anilines is 1. The number of esters is 1. The molecule has 0 fully saturated rings. The van der Waals surface area contributed by atoms with Crippen molar-refractivity contribution in [1.82, 2.24) is 4.98 Å². The lowest BCUT2D eigenvalue weighted by Crippen LogP contribution is -2.30. The molecule has 0 amide bonds. The van der Waals surface area contributed by atoms with Crippen molar-refractivity contribution in [3.8, 4) is 0 Å². The minimum absolute atomic E-state index is 0.198. The molecule has 1 heterocycles. The third kappa shape index (κ3) is 3.58. The molecule has 1 aromatic heterocycles. The van der Waals surface area contributed by atoms with Gasteiger partial charge in [-0.05, 0) is 26.0 Å². The normalized spacial score (nSPS) is 9.73. The van der Waals surface area contributed by atoms with Crippen molar-refractivity contribution in [2.45, 2.75) is 13.8 Å². The molecule has 0 aliphatic carbocycles. The van der Waals surface area contributed by atoms with Crippen molar-refractivity contribution >= 4 is 11.7 Å². The first-order valence-electron chi connectivity index (χ1n) is 5.08. The number of likely N-dealkylation sites (N-methyl/N-ethyl adjacent to an activating group) is 1. The fourth-order valence-electron chi connectivity index (χ4n) is 1.30. The quantitative estimate of drug-likeness (QED) is 0.687. The molecule has 0 atom stereocenters. The van der Waals surface area contributed by atoms with Gasteiger partial charge in [0.05, 0.1) is 6.61 Å². The Balaban J connectivity index is 2.61. The van der Waals surface area contributed by atoms with Crippen LogP contribution in [-0.2, 0) is 9.53 Å². The molecule has 0 radical (unpaired) electrons. The van der Waals surface area contributed by atoms with E-state index < -0.39 is 0 Å². The van der Waals surface area contributed by atoms with E-state index in [2.05, 4.69) is 4.98 Å². The summed E-state index contributed by atoms with van der Waals surface area (Å²) in [5.41, 5.74) is 0.987. The SMILES string of the molecule is CCOC(=O)CN(CC)c1ccncc1. The first-order valence-corrected chi connectivity index (χ1v) is 5.08. The lowest BCUT2D eigenvalue weighted by atomic mass is 10.3. The first kappa shape index (κ1) is 11.5. The van der Waals surface area contributed by atoms with Crippen molar-refractivity contribution < 1.29 is 9.53 Å². The van der Waals surface area contributed by atoms with Gasteiger partial charge >= 0.3 is 5.97 Å². The predicted octanol–water partition coefficient (Wildman–Crippen LogP) is 1.47. The summed E-state index contributed by atoms with van der Waals surface area (Å²) in [6.45, 7) is 5.28. The molecule has 82 valence electrons. The molecule has 1 rings (SSSR count). The molecule has 0 N–H and O–H groups in total. The fraction of sp³-hybridized carbons (Fsp3) is 0.455. The highest BCUT2D eigenvalue weighted by Crippen LogP contribution is 2.11. The van der Waals surface area contributed by atoms with Gasteiger partial charge < -0.3 is 9.64 Å². The smallest absolute Gasteiger partial charge is 0.325 e. The maximum absolute atomic E-state index is 11.3. The predicted molar refractivity (Wildman–Crippen MR) is 58.8 cm³/mol. The molecular formula is C11H16N2O2. The molecule has 4 heteroatoms. The Morgan fingerprint density at radius 1 is 1.40 bits per heavy atom. The summed E-state index contributed by atoms with van der Waals surface area (Å²) in [6.07, 6.45) is 3.42. The van der Waals surface area contributed by atoms with Crippen molar-refractivity contribution in [3.63, 3.8) is 0 Å². The van der Waals surface area contributed by atoms with Gasteiger partial charge in [0, 0.05) is 24.6 Å². The summed E-state index contributed by atoms with van der Waals surface area (Å²) in [6, 6.07) is 3.76. The number of ether oxygens (including phenoxy) is 1. The zero-order valence-corrected chi connectivity index (χ0v) is 9.14. The molecule has 0 saturated carbocycles. The van der Waals surface area contributed by atoms with Gasteiger partial charge in [-0.3, -0.25) is 9.78 Å². The lowest BCUT2D eigenvalue weighted by molar-refractivity contribution is -0.141. The van der Waals surface area contributed by atoms with Crippen molar-refractivity contribution in [3.05, 3.63) is 24.5 Å². The van der Waals surface area contributed by atoms with Gasteiger partial charge in [0.2, 0.25) is 0 Å². The second-order valence-electron chi connectivity index (χ2n) is 3.02. The lowest BCUT2D eigenvalue weighted by Gasteiger charge is -2.21. The summed E-state index contributed by atoms with van der Waals surface area (Å²) >= 11 is 0. The van der Waals surface area contributed by atoms with E-state index in [0.717, 1.165) is 12.2 Å². The summed E-state index contributed by atoms with van der Waals surface area (Å²) in [5.74, 6) is -0.198. The van der Waals surface area contributed by atoms with Crippen LogP contribution in [0.25, 0.3) is 0 Å². The Hall–Kier alpha value is -1.58. The van der Waals surface area contributed by atoms with Gasteiger partial charge in [0.1, 0.15) is 6.54 Å². The van der Waals surface area contributed by atoms with Crippen LogP contribution in [0.1, 0.15) is 13.8 Å². The van der Waals surface area contributed by atoms with Gasteiger partial charge in [-0.1, -0.05) is 0 Å². The van der Waals surface area contributed by atoms with Crippen LogP contribution in [0.2, 0.25) is 0 Å². The average molecular weight is 208 g/mol. The molecule has 0 unspecified atom stereocenters. The Morgan fingerprint density at radius 3 is 2.60 bits per heavy atom. The zero-order chi connectivity index (χ0) is 11.1. The maximum Gasteiger partial charge on any atom is 0.325 e. The highest BCUT2D eigenvalue weighted by atomic mass is 16.5. The second-order valence-corrected chi connectivity index (χ2v) is 3.02. The van der Waals surface area contributed by atoms with E-state index in [-0.39, 0.29) is 12.5 Å². The summed E-state index contributed by atoms with van der Waals surface area (Å²) in [7, 11) is 0. The van der Waals surface area contributed by atoms with Crippen LogP contribution in [-0.4, -0.2) is 30.6 Å². The molecule has 0 saturated heterocycles. The number of hydrogen-bond acceptors (Lipinski definition) is 4. The van der Waals surface area contributed by atoms with Crippen LogP contribution in [0.4, 0.5) is 5.69 Å². The second kappa shape index (κ2) is 6.01. The Morgan fingerprint density at radius 2 is 2.07 bits per heavy atom.